The Bertz CT molecular complexity index is 779. The Morgan fingerprint density at radius 3 is 2.50 bits per heavy atom. The second-order valence-electron chi connectivity index (χ2n) is 12.7. The normalized spacial score (nSPS) is 30.4. The van der Waals surface area contributed by atoms with Crippen molar-refractivity contribution >= 4 is 8.32 Å². The summed E-state index contributed by atoms with van der Waals surface area (Å²) in [6.07, 6.45) is 7.20. The first-order chi connectivity index (χ1) is 16.9. The van der Waals surface area contributed by atoms with Crippen molar-refractivity contribution in [1.29, 1.82) is 0 Å². The summed E-state index contributed by atoms with van der Waals surface area (Å²) in [7, 11) is -0.00999. The van der Waals surface area contributed by atoms with E-state index in [9.17, 15) is 0 Å². The van der Waals surface area contributed by atoms with Gasteiger partial charge >= 0.3 is 0 Å². The van der Waals surface area contributed by atoms with Crippen LogP contribution in [0.3, 0.4) is 0 Å². The van der Waals surface area contributed by atoms with Gasteiger partial charge in [0.2, 0.25) is 0 Å². The zero-order chi connectivity index (χ0) is 26.6. The molecule has 0 aromatic carbocycles. The first-order valence-electron chi connectivity index (χ1n) is 13.9. The minimum absolute atomic E-state index is 0.0282. The molecule has 6 nitrogen and oxygen atoms in total. The molecule has 0 aromatic rings. The molecule has 1 saturated heterocycles. The molecule has 0 N–H and O–H groups in total. The highest BCUT2D eigenvalue weighted by Crippen LogP contribution is 2.52. The SMILES string of the molecule is COCO[C@H]1C[C@@H](C)[C@](C)(CCC2OCCO2)C2=C1[C@H](/C=C(\C)CCCO[Si](C)(C)C(C)(C)C)OC2. The molecular weight excluding hydrogens is 472 g/mol. The van der Waals surface area contributed by atoms with Crippen molar-refractivity contribution in [3.63, 3.8) is 0 Å². The van der Waals surface area contributed by atoms with Crippen LogP contribution in [0, 0.1) is 11.3 Å². The van der Waals surface area contributed by atoms with Gasteiger partial charge < -0.3 is 28.1 Å². The lowest BCUT2D eigenvalue weighted by Gasteiger charge is -2.44. The zero-order valence-corrected chi connectivity index (χ0v) is 25.4. The quantitative estimate of drug-likeness (QED) is 0.124. The van der Waals surface area contributed by atoms with E-state index in [1.807, 2.05) is 0 Å². The van der Waals surface area contributed by atoms with Gasteiger partial charge in [-0.25, -0.2) is 0 Å². The topological polar surface area (TPSA) is 55.4 Å². The van der Waals surface area contributed by atoms with E-state index in [2.05, 4.69) is 60.7 Å². The molecular formula is C29H52O6Si. The van der Waals surface area contributed by atoms with Crippen LogP contribution in [0.1, 0.15) is 73.6 Å². The van der Waals surface area contributed by atoms with Gasteiger partial charge in [0.05, 0.1) is 25.9 Å². The number of ether oxygens (including phenoxy) is 5. The standard InChI is InChI=1S/C29H52O6Si/c1-21(11-10-14-35-36(8,9)28(3,4)5)17-24-27-23(19-33-24)29(6,13-12-26-31-15-16-32-26)22(2)18-25(27)34-20-30-7/h17,22,24-26H,10-16,18-20H2,1-9H3/b21-17+/t22-,24+,25+,29+/m1/s1. The number of allylic oxidation sites excluding steroid dienone is 1. The van der Waals surface area contributed by atoms with Crippen LogP contribution >= 0.6 is 0 Å². The molecule has 3 rings (SSSR count). The second kappa shape index (κ2) is 12.5. The van der Waals surface area contributed by atoms with Crippen molar-refractivity contribution in [2.75, 3.05) is 40.3 Å². The van der Waals surface area contributed by atoms with Gasteiger partial charge in [0.25, 0.3) is 0 Å². The highest BCUT2D eigenvalue weighted by molar-refractivity contribution is 6.74. The molecule has 208 valence electrons. The fourth-order valence-electron chi connectivity index (χ4n) is 5.47. The smallest absolute Gasteiger partial charge is 0.191 e. The number of hydrogen-bond acceptors (Lipinski definition) is 6. The number of rotatable bonds is 12. The highest BCUT2D eigenvalue weighted by atomic mass is 28.4. The molecule has 4 atom stereocenters. The second-order valence-corrected chi connectivity index (χ2v) is 17.5. The summed E-state index contributed by atoms with van der Waals surface area (Å²) >= 11 is 0. The molecule has 0 aromatic heterocycles. The Kier molecular flexibility index (Phi) is 10.5. The third kappa shape index (κ3) is 7.10. The van der Waals surface area contributed by atoms with Crippen molar-refractivity contribution < 1.29 is 28.1 Å². The Hall–Kier alpha value is -0.543. The number of methoxy groups -OCH3 is 1. The molecule has 2 heterocycles. The fourth-order valence-corrected chi connectivity index (χ4v) is 6.55. The molecule has 2 aliphatic heterocycles. The first kappa shape index (κ1) is 30.0. The minimum Gasteiger partial charge on any atom is -0.417 e. The van der Waals surface area contributed by atoms with Crippen LogP contribution in [-0.4, -0.2) is 67.1 Å². The third-order valence-electron chi connectivity index (χ3n) is 9.15. The lowest BCUT2D eigenvalue weighted by Crippen LogP contribution is -2.41. The average Bonchev–Trinajstić information content (AvgIpc) is 3.47. The van der Waals surface area contributed by atoms with Gasteiger partial charge in [-0.1, -0.05) is 46.3 Å². The fraction of sp³-hybridized carbons (Fsp3) is 0.862. The predicted octanol–water partition coefficient (Wildman–Crippen LogP) is 6.62. The summed E-state index contributed by atoms with van der Waals surface area (Å²) in [4.78, 5) is 0. The van der Waals surface area contributed by atoms with Crippen LogP contribution < -0.4 is 0 Å². The highest BCUT2D eigenvalue weighted by Gasteiger charge is 2.48. The van der Waals surface area contributed by atoms with Gasteiger partial charge in [-0.3, -0.25) is 0 Å². The molecule has 0 bridgehead atoms. The van der Waals surface area contributed by atoms with Crippen LogP contribution in [0.4, 0.5) is 0 Å². The largest absolute Gasteiger partial charge is 0.417 e. The van der Waals surface area contributed by atoms with Crippen LogP contribution in [0.5, 0.6) is 0 Å². The van der Waals surface area contributed by atoms with E-state index in [0.717, 1.165) is 38.7 Å². The third-order valence-corrected chi connectivity index (χ3v) is 13.7. The molecule has 0 amide bonds. The maximum atomic E-state index is 6.44. The maximum absolute atomic E-state index is 6.44. The van der Waals surface area contributed by atoms with E-state index in [1.165, 1.54) is 16.7 Å². The Morgan fingerprint density at radius 1 is 1.17 bits per heavy atom. The summed E-state index contributed by atoms with van der Waals surface area (Å²) in [6, 6.07) is 0. The lowest BCUT2D eigenvalue weighted by molar-refractivity contribution is -0.0796. The molecule has 0 saturated carbocycles. The summed E-state index contributed by atoms with van der Waals surface area (Å²) in [6.45, 7) is 21.7. The van der Waals surface area contributed by atoms with Gasteiger partial charge in [0.1, 0.15) is 12.9 Å². The summed E-state index contributed by atoms with van der Waals surface area (Å²) in [5.41, 5.74) is 4.13. The van der Waals surface area contributed by atoms with E-state index < -0.39 is 8.32 Å². The summed E-state index contributed by atoms with van der Waals surface area (Å²) < 4.78 is 35.8. The van der Waals surface area contributed by atoms with Crippen LogP contribution in [0.25, 0.3) is 0 Å². The lowest BCUT2D eigenvalue weighted by atomic mass is 9.62. The van der Waals surface area contributed by atoms with Gasteiger partial charge in [-0.2, -0.15) is 0 Å². The maximum Gasteiger partial charge on any atom is 0.191 e. The number of hydrogen-bond donors (Lipinski definition) is 0. The van der Waals surface area contributed by atoms with E-state index in [-0.39, 0.29) is 29.0 Å². The van der Waals surface area contributed by atoms with Crippen molar-refractivity contribution in [2.45, 2.75) is 110 Å². The Balaban J connectivity index is 1.70. The Labute approximate surface area is 221 Å². The molecule has 3 aliphatic rings. The first-order valence-corrected chi connectivity index (χ1v) is 16.8. The molecule has 1 aliphatic carbocycles. The summed E-state index contributed by atoms with van der Waals surface area (Å²) in [5.74, 6) is 0.472. The van der Waals surface area contributed by atoms with Crippen molar-refractivity contribution in [3.8, 4) is 0 Å². The molecule has 0 unspecified atom stereocenters. The van der Waals surface area contributed by atoms with E-state index in [1.54, 1.807) is 7.11 Å². The van der Waals surface area contributed by atoms with Gasteiger partial charge in [-0.05, 0) is 79.6 Å². The monoisotopic (exact) mass is 524 g/mol. The van der Waals surface area contributed by atoms with Gasteiger partial charge in [0.15, 0.2) is 14.6 Å². The average molecular weight is 525 g/mol. The Morgan fingerprint density at radius 2 is 1.86 bits per heavy atom. The predicted molar refractivity (Wildman–Crippen MR) is 146 cm³/mol. The molecule has 0 radical (unpaired) electrons. The van der Waals surface area contributed by atoms with Gasteiger partial charge in [0, 0.05) is 13.7 Å². The molecule has 36 heavy (non-hydrogen) atoms. The van der Waals surface area contributed by atoms with E-state index in [0.29, 0.717) is 32.5 Å². The minimum atomic E-state index is -1.70. The molecule has 0 spiro atoms. The molecule has 1 fully saturated rings. The van der Waals surface area contributed by atoms with Crippen molar-refractivity contribution in [1.82, 2.24) is 0 Å². The zero-order valence-electron chi connectivity index (χ0n) is 24.4. The van der Waals surface area contributed by atoms with E-state index in [4.69, 9.17) is 28.1 Å². The van der Waals surface area contributed by atoms with Crippen molar-refractivity contribution in [3.05, 3.63) is 22.8 Å². The van der Waals surface area contributed by atoms with E-state index >= 15 is 0 Å². The van der Waals surface area contributed by atoms with Crippen LogP contribution in [0.2, 0.25) is 18.1 Å². The molecule has 7 heteroatoms. The van der Waals surface area contributed by atoms with Crippen LogP contribution in [-0.2, 0) is 28.1 Å². The summed E-state index contributed by atoms with van der Waals surface area (Å²) in [5, 5.41) is 0.246. The van der Waals surface area contributed by atoms with Gasteiger partial charge in [-0.15, -0.1) is 0 Å². The van der Waals surface area contributed by atoms with Crippen molar-refractivity contribution in [2.24, 2.45) is 11.3 Å². The van der Waals surface area contributed by atoms with Crippen LogP contribution in [0.15, 0.2) is 22.8 Å².